The number of rotatable bonds is 6. The van der Waals surface area contributed by atoms with Gasteiger partial charge in [0.2, 0.25) is 0 Å². The standard InChI is InChI=1S/C21H20O4S/c1-25-21-19(13-17-10-6-3-7-11-17)14-18(15-20(21)26(22,23)24)12-16-8-4-2-5-9-16/h2-11,14-15H,12-13H2,1H3,(H,22,23,24). The lowest BCUT2D eigenvalue weighted by Crippen LogP contribution is -2.06. The molecule has 0 saturated carbocycles. The van der Waals surface area contributed by atoms with Crippen molar-refractivity contribution in [3.8, 4) is 5.75 Å². The van der Waals surface area contributed by atoms with Crippen LogP contribution in [-0.2, 0) is 23.0 Å². The van der Waals surface area contributed by atoms with Gasteiger partial charge >= 0.3 is 0 Å². The van der Waals surface area contributed by atoms with Crippen LogP contribution in [0.2, 0.25) is 0 Å². The van der Waals surface area contributed by atoms with Gasteiger partial charge in [0.15, 0.2) is 0 Å². The summed E-state index contributed by atoms with van der Waals surface area (Å²) in [4.78, 5) is -0.195. The van der Waals surface area contributed by atoms with Crippen molar-refractivity contribution in [3.05, 3.63) is 95.1 Å². The summed E-state index contributed by atoms with van der Waals surface area (Å²) in [5.41, 5.74) is 3.61. The predicted octanol–water partition coefficient (Wildman–Crippen LogP) is 4.12. The minimum Gasteiger partial charge on any atom is -0.495 e. The molecule has 0 atom stereocenters. The van der Waals surface area contributed by atoms with Gasteiger partial charge in [-0.3, -0.25) is 4.55 Å². The van der Waals surface area contributed by atoms with Crippen LogP contribution < -0.4 is 4.74 Å². The van der Waals surface area contributed by atoms with E-state index >= 15 is 0 Å². The minimum atomic E-state index is -4.40. The first kappa shape index (κ1) is 18.2. The Morgan fingerprint density at radius 2 is 1.35 bits per heavy atom. The van der Waals surface area contributed by atoms with Crippen molar-refractivity contribution in [1.82, 2.24) is 0 Å². The summed E-state index contributed by atoms with van der Waals surface area (Å²) in [6.45, 7) is 0. The van der Waals surface area contributed by atoms with E-state index in [1.165, 1.54) is 13.2 Å². The minimum absolute atomic E-state index is 0.188. The molecule has 3 aromatic rings. The maximum atomic E-state index is 11.9. The van der Waals surface area contributed by atoms with Crippen molar-refractivity contribution in [1.29, 1.82) is 0 Å². The Morgan fingerprint density at radius 1 is 0.808 bits per heavy atom. The van der Waals surface area contributed by atoms with Crippen LogP contribution in [0.1, 0.15) is 22.3 Å². The van der Waals surface area contributed by atoms with Crippen LogP contribution in [0.25, 0.3) is 0 Å². The molecule has 0 aliphatic heterocycles. The Bertz CT molecular complexity index is 981. The molecule has 0 saturated heterocycles. The van der Waals surface area contributed by atoms with E-state index < -0.39 is 10.1 Å². The molecule has 0 spiro atoms. The second kappa shape index (κ2) is 7.72. The van der Waals surface area contributed by atoms with Crippen LogP contribution in [0.5, 0.6) is 5.75 Å². The molecule has 5 heteroatoms. The zero-order valence-corrected chi connectivity index (χ0v) is 15.2. The predicted molar refractivity (Wildman–Crippen MR) is 101 cm³/mol. The highest BCUT2D eigenvalue weighted by atomic mass is 32.2. The summed E-state index contributed by atoms with van der Waals surface area (Å²) in [5, 5.41) is 0. The Hall–Kier alpha value is -2.63. The molecule has 0 radical (unpaired) electrons. The van der Waals surface area contributed by atoms with Crippen molar-refractivity contribution in [2.75, 3.05) is 7.11 Å². The average molecular weight is 368 g/mol. The van der Waals surface area contributed by atoms with Gasteiger partial charge in [0.05, 0.1) is 7.11 Å². The molecule has 4 nitrogen and oxygen atoms in total. The Balaban J connectivity index is 2.09. The van der Waals surface area contributed by atoms with Gasteiger partial charge in [-0.25, -0.2) is 0 Å². The van der Waals surface area contributed by atoms with Crippen molar-refractivity contribution < 1.29 is 17.7 Å². The highest BCUT2D eigenvalue weighted by molar-refractivity contribution is 7.86. The molecule has 0 fully saturated rings. The van der Waals surface area contributed by atoms with Gasteiger partial charge in [0, 0.05) is 12.0 Å². The molecular formula is C21H20O4S. The maximum Gasteiger partial charge on any atom is 0.298 e. The molecular weight excluding hydrogens is 348 g/mol. The van der Waals surface area contributed by atoms with E-state index in [4.69, 9.17) is 4.74 Å². The lowest BCUT2D eigenvalue weighted by molar-refractivity contribution is 0.393. The topological polar surface area (TPSA) is 63.6 Å². The van der Waals surface area contributed by atoms with E-state index in [1.54, 1.807) is 0 Å². The summed E-state index contributed by atoms with van der Waals surface area (Å²) in [7, 11) is -2.99. The fraction of sp³-hybridized carbons (Fsp3) is 0.143. The third-order valence-electron chi connectivity index (χ3n) is 4.16. The first-order chi connectivity index (χ1) is 12.5. The number of hydrogen-bond donors (Lipinski definition) is 1. The molecule has 1 N–H and O–H groups in total. The van der Waals surface area contributed by atoms with Gasteiger partial charge in [-0.15, -0.1) is 0 Å². The fourth-order valence-corrected chi connectivity index (χ4v) is 3.78. The molecule has 26 heavy (non-hydrogen) atoms. The normalized spacial score (nSPS) is 11.3. The van der Waals surface area contributed by atoms with Crippen molar-refractivity contribution >= 4 is 10.1 Å². The molecule has 0 aromatic heterocycles. The smallest absolute Gasteiger partial charge is 0.298 e. The number of methoxy groups -OCH3 is 1. The van der Waals surface area contributed by atoms with Gasteiger partial charge in [-0.1, -0.05) is 66.7 Å². The average Bonchev–Trinajstić information content (AvgIpc) is 2.62. The van der Waals surface area contributed by atoms with Crippen LogP contribution >= 0.6 is 0 Å². The van der Waals surface area contributed by atoms with E-state index in [1.807, 2.05) is 66.7 Å². The number of benzene rings is 3. The van der Waals surface area contributed by atoms with Gasteiger partial charge < -0.3 is 4.74 Å². The molecule has 134 valence electrons. The van der Waals surface area contributed by atoms with E-state index in [2.05, 4.69) is 0 Å². The largest absolute Gasteiger partial charge is 0.495 e. The lowest BCUT2D eigenvalue weighted by Gasteiger charge is -2.15. The maximum absolute atomic E-state index is 11.9. The van der Waals surface area contributed by atoms with Crippen LogP contribution in [0, 0.1) is 0 Å². The summed E-state index contributed by atoms with van der Waals surface area (Å²) in [6, 6.07) is 22.9. The van der Waals surface area contributed by atoms with E-state index in [0.717, 1.165) is 22.3 Å². The Morgan fingerprint density at radius 3 is 1.85 bits per heavy atom. The number of hydrogen-bond acceptors (Lipinski definition) is 3. The molecule has 0 amide bonds. The molecule has 0 aliphatic carbocycles. The second-order valence-electron chi connectivity index (χ2n) is 6.09. The van der Waals surface area contributed by atoms with Crippen molar-refractivity contribution in [2.24, 2.45) is 0 Å². The third kappa shape index (κ3) is 4.31. The molecule has 0 aliphatic rings. The zero-order valence-electron chi connectivity index (χ0n) is 14.4. The van der Waals surface area contributed by atoms with E-state index in [9.17, 15) is 13.0 Å². The van der Waals surface area contributed by atoms with Crippen molar-refractivity contribution in [3.63, 3.8) is 0 Å². The fourth-order valence-electron chi connectivity index (χ4n) is 3.03. The first-order valence-corrected chi connectivity index (χ1v) is 9.66. The summed E-state index contributed by atoms with van der Waals surface area (Å²) >= 11 is 0. The molecule has 0 bridgehead atoms. The Kier molecular flexibility index (Phi) is 5.40. The summed E-state index contributed by atoms with van der Waals surface area (Å²) < 4.78 is 38.8. The molecule has 0 unspecified atom stereocenters. The molecule has 0 heterocycles. The van der Waals surface area contributed by atoms with Gasteiger partial charge in [-0.05, 0) is 29.2 Å². The monoisotopic (exact) mass is 368 g/mol. The highest BCUT2D eigenvalue weighted by Gasteiger charge is 2.21. The quantitative estimate of drug-likeness (QED) is 0.665. The van der Waals surface area contributed by atoms with Gasteiger partial charge in [-0.2, -0.15) is 8.42 Å². The summed E-state index contributed by atoms with van der Waals surface area (Å²) in [6.07, 6.45) is 1.07. The molecule has 3 rings (SSSR count). The third-order valence-corrected chi connectivity index (χ3v) is 5.02. The van der Waals surface area contributed by atoms with Crippen LogP contribution in [-0.4, -0.2) is 20.1 Å². The summed E-state index contributed by atoms with van der Waals surface area (Å²) in [5.74, 6) is 0.188. The first-order valence-electron chi connectivity index (χ1n) is 8.22. The van der Waals surface area contributed by atoms with E-state index in [0.29, 0.717) is 12.8 Å². The molecule has 3 aromatic carbocycles. The highest BCUT2D eigenvalue weighted by Crippen LogP contribution is 2.32. The van der Waals surface area contributed by atoms with E-state index in [-0.39, 0.29) is 10.6 Å². The SMILES string of the molecule is COc1c(Cc2ccccc2)cc(Cc2ccccc2)cc1S(=O)(=O)O. The van der Waals surface area contributed by atoms with Gasteiger partial charge in [0.25, 0.3) is 10.1 Å². The Labute approximate surface area is 153 Å². The van der Waals surface area contributed by atoms with Crippen LogP contribution in [0.4, 0.5) is 0 Å². The second-order valence-corrected chi connectivity index (χ2v) is 7.48. The zero-order chi connectivity index (χ0) is 18.6. The number of ether oxygens (including phenoxy) is 1. The van der Waals surface area contributed by atoms with Crippen LogP contribution in [0.3, 0.4) is 0 Å². The van der Waals surface area contributed by atoms with Crippen LogP contribution in [0.15, 0.2) is 77.7 Å². The van der Waals surface area contributed by atoms with Gasteiger partial charge in [0.1, 0.15) is 10.6 Å². The lowest BCUT2D eigenvalue weighted by atomic mass is 9.98. The van der Waals surface area contributed by atoms with Crippen molar-refractivity contribution in [2.45, 2.75) is 17.7 Å².